The first-order chi connectivity index (χ1) is 12.8. The molecule has 2 aromatic carbocycles. The van der Waals surface area contributed by atoms with E-state index in [1.807, 2.05) is 30.3 Å². The highest BCUT2D eigenvalue weighted by Crippen LogP contribution is 2.28. The van der Waals surface area contributed by atoms with Crippen LogP contribution in [-0.2, 0) is 6.54 Å². The number of rotatable bonds is 5. The maximum atomic E-state index is 14.1. The van der Waals surface area contributed by atoms with E-state index in [0.29, 0.717) is 17.1 Å². The topological polar surface area (TPSA) is 52.8 Å². The molecular weight excluding hydrogens is 331 g/mol. The molecule has 0 bridgehead atoms. The van der Waals surface area contributed by atoms with Crippen LogP contribution in [0.3, 0.4) is 0 Å². The molecule has 4 aromatic rings. The SMILES string of the molecule is CCCn1c(-c2ccc(Oc3cnccn3)cc2)nc2c(F)cccc21. The Morgan fingerprint density at radius 1 is 1.08 bits per heavy atom. The van der Waals surface area contributed by atoms with Crippen LogP contribution in [0.2, 0.25) is 0 Å². The van der Waals surface area contributed by atoms with Crippen LogP contribution in [0.4, 0.5) is 4.39 Å². The number of imidazole rings is 1. The van der Waals surface area contributed by atoms with E-state index in [1.165, 1.54) is 6.07 Å². The third kappa shape index (κ3) is 3.01. The molecule has 0 saturated heterocycles. The van der Waals surface area contributed by atoms with Gasteiger partial charge in [0.05, 0.1) is 11.7 Å². The lowest BCUT2D eigenvalue weighted by molar-refractivity contribution is 0.460. The zero-order valence-electron chi connectivity index (χ0n) is 14.3. The molecule has 0 spiro atoms. The minimum Gasteiger partial charge on any atom is -0.438 e. The van der Waals surface area contributed by atoms with Crippen LogP contribution in [0.15, 0.2) is 61.1 Å². The smallest absolute Gasteiger partial charge is 0.237 e. The largest absolute Gasteiger partial charge is 0.438 e. The summed E-state index contributed by atoms with van der Waals surface area (Å²) in [7, 11) is 0. The maximum Gasteiger partial charge on any atom is 0.237 e. The Hall–Kier alpha value is -3.28. The average Bonchev–Trinajstić information content (AvgIpc) is 3.04. The first-order valence-corrected chi connectivity index (χ1v) is 8.45. The second-order valence-electron chi connectivity index (χ2n) is 5.86. The summed E-state index contributed by atoms with van der Waals surface area (Å²) in [6.07, 6.45) is 5.65. The molecule has 0 N–H and O–H groups in total. The summed E-state index contributed by atoms with van der Waals surface area (Å²) in [5.41, 5.74) is 2.11. The Morgan fingerprint density at radius 2 is 1.92 bits per heavy atom. The number of aromatic nitrogens is 4. The van der Waals surface area contributed by atoms with Gasteiger partial charge in [0.2, 0.25) is 5.88 Å². The molecule has 4 rings (SSSR count). The van der Waals surface area contributed by atoms with Gasteiger partial charge in [0.15, 0.2) is 5.82 Å². The Morgan fingerprint density at radius 3 is 2.65 bits per heavy atom. The van der Waals surface area contributed by atoms with Crippen LogP contribution in [0, 0.1) is 5.82 Å². The lowest BCUT2D eigenvalue weighted by Crippen LogP contribution is -1.99. The molecule has 0 unspecified atom stereocenters. The van der Waals surface area contributed by atoms with Crippen LogP contribution in [-0.4, -0.2) is 19.5 Å². The fourth-order valence-electron chi connectivity index (χ4n) is 2.91. The van der Waals surface area contributed by atoms with Gasteiger partial charge >= 0.3 is 0 Å². The van der Waals surface area contributed by atoms with Crippen molar-refractivity contribution in [1.29, 1.82) is 0 Å². The number of nitrogens with zero attached hydrogens (tertiary/aromatic N) is 4. The quantitative estimate of drug-likeness (QED) is 0.518. The Kier molecular flexibility index (Phi) is 4.31. The maximum absolute atomic E-state index is 14.1. The van der Waals surface area contributed by atoms with Crippen molar-refractivity contribution in [2.45, 2.75) is 19.9 Å². The zero-order valence-corrected chi connectivity index (χ0v) is 14.3. The molecule has 0 radical (unpaired) electrons. The molecule has 0 fully saturated rings. The van der Waals surface area contributed by atoms with Crippen molar-refractivity contribution >= 4 is 11.0 Å². The van der Waals surface area contributed by atoms with Crippen molar-refractivity contribution in [1.82, 2.24) is 19.5 Å². The van der Waals surface area contributed by atoms with Gasteiger partial charge < -0.3 is 9.30 Å². The lowest BCUT2D eigenvalue weighted by Gasteiger charge is -2.09. The molecule has 0 atom stereocenters. The van der Waals surface area contributed by atoms with E-state index < -0.39 is 0 Å². The van der Waals surface area contributed by atoms with Crippen molar-refractivity contribution in [3.8, 4) is 23.0 Å². The lowest BCUT2D eigenvalue weighted by atomic mass is 10.2. The molecule has 0 aliphatic rings. The molecule has 0 aliphatic heterocycles. The molecule has 2 heterocycles. The first-order valence-electron chi connectivity index (χ1n) is 8.45. The van der Waals surface area contributed by atoms with E-state index in [0.717, 1.165) is 29.9 Å². The fraction of sp³-hybridized carbons (Fsp3) is 0.150. The van der Waals surface area contributed by atoms with Crippen molar-refractivity contribution in [2.24, 2.45) is 0 Å². The highest BCUT2D eigenvalue weighted by molar-refractivity contribution is 5.81. The van der Waals surface area contributed by atoms with Crippen molar-refractivity contribution < 1.29 is 9.13 Å². The molecule has 5 nitrogen and oxygen atoms in total. The Bertz CT molecular complexity index is 1030. The Labute approximate surface area is 150 Å². The van der Waals surface area contributed by atoms with Crippen LogP contribution in [0.25, 0.3) is 22.4 Å². The number of hydrogen-bond acceptors (Lipinski definition) is 4. The van der Waals surface area contributed by atoms with Gasteiger partial charge in [-0.1, -0.05) is 13.0 Å². The minimum atomic E-state index is -0.304. The van der Waals surface area contributed by atoms with Gasteiger partial charge in [-0.15, -0.1) is 0 Å². The van der Waals surface area contributed by atoms with Crippen molar-refractivity contribution in [3.63, 3.8) is 0 Å². The number of halogens is 1. The summed E-state index contributed by atoms with van der Waals surface area (Å²) in [4.78, 5) is 12.6. The summed E-state index contributed by atoms with van der Waals surface area (Å²) < 4.78 is 21.8. The normalized spacial score (nSPS) is 11.0. The standard InChI is InChI=1S/C20H17FN4O/c1-2-12-25-17-5-3-4-16(21)19(17)24-20(25)14-6-8-15(9-7-14)26-18-13-22-10-11-23-18/h3-11,13H,2,12H2,1H3. The van der Waals surface area contributed by atoms with Gasteiger partial charge in [0, 0.05) is 24.5 Å². The van der Waals surface area contributed by atoms with E-state index in [9.17, 15) is 4.39 Å². The number of para-hydroxylation sites is 1. The summed E-state index contributed by atoms with van der Waals surface area (Å²) in [5.74, 6) is 1.53. The molecule has 6 heteroatoms. The van der Waals surface area contributed by atoms with E-state index in [2.05, 4.69) is 26.4 Å². The van der Waals surface area contributed by atoms with Crippen LogP contribution in [0.1, 0.15) is 13.3 Å². The van der Waals surface area contributed by atoms with E-state index in [-0.39, 0.29) is 5.82 Å². The van der Waals surface area contributed by atoms with Gasteiger partial charge in [-0.2, -0.15) is 0 Å². The van der Waals surface area contributed by atoms with Gasteiger partial charge in [0.25, 0.3) is 0 Å². The van der Waals surface area contributed by atoms with Gasteiger partial charge in [-0.25, -0.2) is 14.4 Å². The van der Waals surface area contributed by atoms with E-state index in [1.54, 1.807) is 24.7 Å². The summed E-state index contributed by atoms with van der Waals surface area (Å²) >= 11 is 0. The molecule has 0 aliphatic carbocycles. The highest BCUT2D eigenvalue weighted by atomic mass is 19.1. The second-order valence-corrected chi connectivity index (χ2v) is 5.86. The number of ether oxygens (including phenoxy) is 1. The summed E-state index contributed by atoms with van der Waals surface area (Å²) in [6.45, 7) is 2.86. The van der Waals surface area contributed by atoms with Crippen molar-refractivity contribution in [3.05, 3.63) is 66.9 Å². The van der Waals surface area contributed by atoms with Gasteiger partial charge in [0.1, 0.15) is 17.1 Å². The predicted molar refractivity (Wildman–Crippen MR) is 97.5 cm³/mol. The number of benzene rings is 2. The fourth-order valence-corrected chi connectivity index (χ4v) is 2.91. The van der Waals surface area contributed by atoms with Crippen LogP contribution < -0.4 is 4.74 Å². The molecule has 130 valence electrons. The molecule has 0 amide bonds. The van der Waals surface area contributed by atoms with Gasteiger partial charge in [-0.05, 0) is 42.8 Å². The van der Waals surface area contributed by atoms with Gasteiger partial charge in [-0.3, -0.25) is 4.98 Å². The number of hydrogen-bond donors (Lipinski definition) is 0. The van der Waals surface area contributed by atoms with E-state index in [4.69, 9.17) is 4.74 Å². The van der Waals surface area contributed by atoms with E-state index >= 15 is 0 Å². The van der Waals surface area contributed by atoms with Crippen molar-refractivity contribution in [2.75, 3.05) is 0 Å². The monoisotopic (exact) mass is 348 g/mol. The predicted octanol–water partition coefficient (Wildman–Crippen LogP) is 4.83. The zero-order chi connectivity index (χ0) is 17.9. The molecular formula is C20H17FN4O. The molecule has 2 aromatic heterocycles. The highest BCUT2D eigenvalue weighted by Gasteiger charge is 2.14. The Balaban J connectivity index is 1.71. The summed E-state index contributed by atoms with van der Waals surface area (Å²) in [6, 6.07) is 12.6. The minimum absolute atomic E-state index is 0.304. The molecule has 26 heavy (non-hydrogen) atoms. The summed E-state index contributed by atoms with van der Waals surface area (Å²) in [5, 5.41) is 0. The van der Waals surface area contributed by atoms with Crippen LogP contribution >= 0.6 is 0 Å². The van der Waals surface area contributed by atoms with Crippen LogP contribution in [0.5, 0.6) is 11.6 Å². The average molecular weight is 348 g/mol. The second kappa shape index (κ2) is 6.92. The number of fused-ring (bicyclic) bond motifs is 1. The third-order valence-corrected chi connectivity index (χ3v) is 4.05. The first kappa shape index (κ1) is 16.2. The molecule has 0 saturated carbocycles. The third-order valence-electron chi connectivity index (χ3n) is 4.05. The number of aryl methyl sites for hydroxylation is 1.